The number of hydrogen-bond acceptors (Lipinski definition) is 2. The minimum atomic E-state index is -1.50. The number of hydrogen-bond donors (Lipinski definition) is 1. The van der Waals surface area contributed by atoms with E-state index < -0.39 is 23.5 Å². The monoisotopic (exact) mass is 345 g/mol. The summed E-state index contributed by atoms with van der Waals surface area (Å²) in [7, 11) is 1.52. The zero-order valence-corrected chi connectivity index (χ0v) is 12.0. The Morgan fingerprint density at radius 2 is 1.70 bits per heavy atom. The van der Waals surface area contributed by atoms with E-state index in [0.717, 1.165) is 12.1 Å². The molecule has 6 heteroatoms. The van der Waals surface area contributed by atoms with Crippen LogP contribution in [0.5, 0.6) is 5.75 Å². The summed E-state index contributed by atoms with van der Waals surface area (Å²) in [5.74, 6) is -3.42. The Morgan fingerprint density at radius 3 is 2.20 bits per heavy atom. The minimum absolute atomic E-state index is 0.146. The molecule has 2 aromatic rings. The maximum Gasteiger partial charge on any atom is 0.194 e. The van der Waals surface area contributed by atoms with Crippen LogP contribution >= 0.6 is 15.9 Å². The molecule has 0 heterocycles. The van der Waals surface area contributed by atoms with Gasteiger partial charge in [-0.3, -0.25) is 0 Å². The van der Waals surface area contributed by atoms with Crippen molar-refractivity contribution in [3.05, 3.63) is 63.4 Å². The molecule has 1 atom stereocenters. The number of nitrogens with two attached hydrogens (primary N) is 1. The van der Waals surface area contributed by atoms with Gasteiger partial charge in [0.1, 0.15) is 5.75 Å². The highest BCUT2D eigenvalue weighted by Crippen LogP contribution is 2.31. The van der Waals surface area contributed by atoms with Gasteiger partial charge in [0.2, 0.25) is 0 Å². The SMILES string of the molecule is COc1ccc(C(N)c2cc(F)c(F)c(F)c2)c(Br)c1. The molecular weight excluding hydrogens is 335 g/mol. The van der Waals surface area contributed by atoms with Crippen LogP contribution in [0.25, 0.3) is 0 Å². The molecule has 2 rings (SSSR count). The highest BCUT2D eigenvalue weighted by molar-refractivity contribution is 9.10. The summed E-state index contributed by atoms with van der Waals surface area (Å²) in [5.41, 5.74) is 6.72. The van der Waals surface area contributed by atoms with Crippen LogP contribution < -0.4 is 10.5 Å². The van der Waals surface area contributed by atoms with Gasteiger partial charge in [0.25, 0.3) is 0 Å². The van der Waals surface area contributed by atoms with Crippen molar-refractivity contribution in [2.75, 3.05) is 7.11 Å². The molecule has 0 bridgehead atoms. The van der Waals surface area contributed by atoms with E-state index in [4.69, 9.17) is 10.5 Å². The summed E-state index contributed by atoms with van der Waals surface area (Å²) in [5, 5.41) is 0. The zero-order chi connectivity index (χ0) is 14.9. The Morgan fingerprint density at radius 1 is 1.10 bits per heavy atom. The van der Waals surface area contributed by atoms with E-state index in [1.165, 1.54) is 7.11 Å². The fourth-order valence-corrected chi connectivity index (χ4v) is 2.43. The highest BCUT2D eigenvalue weighted by atomic mass is 79.9. The summed E-state index contributed by atoms with van der Waals surface area (Å²) in [6.07, 6.45) is 0. The molecule has 1 unspecified atom stereocenters. The predicted molar refractivity (Wildman–Crippen MR) is 73.0 cm³/mol. The molecule has 106 valence electrons. The lowest BCUT2D eigenvalue weighted by Gasteiger charge is -2.15. The molecule has 0 aliphatic rings. The number of benzene rings is 2. The van der Waals surface area contributed by atoms with Crippen molar-refractivity contribution in [3.63, 3.8) is 0 Å². The van der Waals surface area contributed by atoms with Crippen molar-refractivity contribution in [2.24, 2.45) is 5.73 Å². The molecule has 0 aromatic heterocycles. The van der Waals surface area contributed by atoms with E-state index in [2.05, 4.69) is 15.9 Å². The van der Waals surface area contributed by atoms with Crippen LogP contribution in [0.2, 0.25) is 0 Å². The van der Waals surface area contributed by atoms with Crippen LogP contribution in [-0.2, 0) is 0 Å². The molecule has 0 spiro atoms. The molecule has 0 saturated carbocycles. The fraction of sp³-hybridized carbons (Fsp3) is 0.143. The summed E-state index contributed by atoms with van der Waals surface area (Å²) in [4.78, 5) is 0. The number of methoxy groups -OCH3 is 1. The average molecular weight is 346 g/mol. The van der Waals surface area contributed by atoms with Crippen molar-refractivity contribution >= 4 is 15.9 Å². The summed E-state index contributed by atoms with van der Waals surface area (Å²) in [6.45, 7) is 0. The molecule has 0 aliphatic heterocycles. The molecule has 2 nitrogen and oxygen atoms in total. The maximum atomic E-state index is 13.2. The van der Waals surface area contributed by atoms with Crippen LogP contribution in [0.1, 0.15) is 17.2 Å². The molecule has 0 amide bonds. The smallest absolute Gasteiger partial charge is 0.194 e. The minimum Gasteiger partial charge on any atom is -0.497 e. The molecule has 0 radical (unpaired) electrons. The van der Waals surface area contributed by atoms with E-state index >= 15 is 0 Å². The van der Waals surface area contributed by atoms with Gasteiger partial charge in [0.05, 0.1) is 13.2 Å². The van der Waals surface area contributed by atoms with E-state index in [1.807, 2.05) is 0 Å². The van der Waals surface area contributed by atoms with Crippen LogP contribution in [0.4, 0.5) is 13.2 Å². The van der Waals surface area contributed by atoms with Crippen LogP contribution in [0.15, 0.2) is 34.8 Å². The molecule has 0 aliphatic carbocycles. The van der Waals surface area contributed by atoms with Crippen LogP contribution in [-0.4, -0.2) is 7.11 Å². The maximum absolute atomic E-state index is 13.2. The lowest BCUT2D eigenvalue weighted by Crippen LogP contribution is -2.14. The van der Waals surface area contributed by atoms with E-state index in [1.54, 1.807) is 18.2 Å². The van der Waals surface area contributed by atoms with Gasteiger partial charge in [-0.1, -0.05) is 22.0 Å². The third kappa shape index (κ3) is 2.81. The fourth-order valence-electron chi connectivity index (χ4n) is 1.82. The van der Waals surface area contributed by atoms with Gasteiger partial charge >= 0.3 is 0 Å². The number of rotatable bonds is 3. The normalized spacial score (nSPS) is 12.3. The first-order valence-electron chi connectivity index (χ1n) is 5.67. The molecule has 20 heavy (non-hydrogen) atoms. The molecular formula is C14H11BrF3NO. The second-order valence-electron chi connectivity index (χ2n) is 4.16. The predicted octanol–water partition coefficient (Wildman–Crippen LogP) is 3.92. The van der Waals surface area contributed by atoms with E-state index in [-0.39, 0.29) is 5.56 Å². The number of ether oxygens (including phenoxy) is 1. The average Bonchev–Trinajstić information content (AvgIpc) is 2.43. The number of halogens is 4. The van der Waals surface area contributed by atoms with Crippen LogP contribution in [0, 0.1) is 17.5 Å². The first-order chi connectivity index (χ1) is 9.43. The van der Waals surface area contributed by atoms with E-state index in [9.17, 15) is 13.2 Å². The van der Waals surface area contributed by atoms with Gasteiger partial charge in [-0.25, -0.2) is 13.2 Å². The highest BCUT2D eigenvalue weighted by Gasteiger charge is 2.18. The van der Waals surface area contributed by atoms with Gasteiger partial charge in [-0.05, 0) is 35.4 Å². The first kappa shape index (κ1) is 14.9. The van der Waals surface area contributed by atoms with Crippen LogP contribution in [0.3, 0.4) is 0 Å². The van der Waals surface area contributed by atoms with Crippen molar-refractivity contribution in [1.82, 2.24) is 0 Å². The van der Waals surface area contributed by atoms with Crippen molar-refractivity contribution in [3.8, 4) is 5.75 Å². The third-order valence-corrected chi connectivity index (χ3v) is 3.59. The lowest BCUT2D eigenvalue weighted by molar-refractivity contribution is 0.414. The van der Waals surface area contributed by atoms with Gasteiger partial charge in [0, 0.05) is 4.47 Å². The first-order valence-corrected chi connectivity index (χ1v) is 6.46. The zero-order valence-electron chi connectivity index (χ0n) is 10.5. The molecule has 0 fully saturated rings. The van der Waals surface area contributed by atoms with E-state index in [0.29, 0.717) is 15.8 Å². The Kier molecular flexibility index (Phi) is 4.35. The Balaban J connectivity index is 2.43. The second-order valence-corrected chi connectivity index (χ2v) is 5.02. The summed E-state index contributed by atoms with van der Waals surface area (Å²) < 4.78 is 45.1. The Bertz CT molecular complexity index is 625. The largest absolute Gasteiger partial charge is 0.497 e. The van der Waals surface area contributed by atoms with Gasteiger partial charge in [-0.15, -0.1) is 0 Å². The summed E-state index contributed by atoms with van der Waals surface area (Å²) >= 11 is 3.32. The third-order valence-electron chi connectivity index (χ3n) is 2.91. The second kappa shape index (κ2) is 5.85. The topological polar surface area (TPSA) is 35.2 Å². The molecule has 0 saturated heterocycles. The lowest BCUT2D eigenvalue weighted by atomic mass is 9.99. The Labute approximate surface area is 122 Å². The van der Waals surface area contributed by atoms with Crippen molar-refractivity contribution in [1.29, 1.82) is 0 Å². The molecule has 2 aromatic carbocycles. The Hall–Kier alpha value is -1.53. The van der Waals surface area contributed by atoms with Gasteiger partial charge in [0.15, 0.2) is 17.5 Å². The van der Waals surface area contributed by atoms with Crippen molar-refractivity contribution in [2.45, 2.75) is 6.04 Å². The standard InChI is InChI=1S/C14H11BrF3NO/c1-20-8-2-3-9(10(15)6-8)14(19)7-4-11(16)13(18)12(17)5-7/h2-6,14H,19H2,1H3. The van der Waals surface area contributed by atoms with Gasteiger partial charge < -0.3 is 10.5 Å². The van der Waals surface area contributed by atoms with Crippen molar-refractivity contribution < 1.29 is 17.9 Å². The quantitative estimate of drug-likeness (QED) is 0.855. The molecule has 2 N–H and O–H groups in total. The summed E-state index contributed by atoms with van der Waals surface area (Å²) in [6, 6.07) is 6.02. The van der Waals surface area contributed by atoms with Gasteiger partial charge in [-0.2, -0.15) is 0 Å².